The number of anilines is 1. The van der Waals surface area contributed by atoms with E-state index in [0.29, 0.717) is 18.5 Å². The maximum atomic E-state index is 11.3. The summed E-state index contributed by atoms with van der Waals surface area (Å²) >= 11 is 0. The molecule has 7 heteroatoms. The number of hydrogen-bond donors (Lipinski definition) is 2. The van der Waals surface area contributed by atoms with Crippen molar-refractivity contribution >= 4 is 11.9 Å². The number of carbonyl (C=O) groups excluding carboxylic acids is 1. The molecule has 0 aliphatic carbocycles. The SMILES string of the molecule is CC(C)(C)NCc1nnc(N2CCCC2C(N)=O)o1. The molecule has 0 saturated carbocycles. The van der Waals surface area contributed by atoms with Crippen LogP contribution >= 0.6 is 0 Å². The zero-order valence-electron chi connectivity index (χ0n) is 11.6. The molecule has 0 aromatic carbocycles. The van der Waals surface area contributed by atoms with Crippen molar-refractivity contribution in [3.63, 3.8) is 0 Å². The van der Waals surface area contributed by atoms with Gasteiger partial charge in [0.05, 0.1) is 6.54 Å². The topological polar surface area (TPSA) is 97.3 Å². The minimum atomic E-state index is -0.343. The molecule has 1 aromatic rings. The molecule has 1 atom stereocenters. The summed E-state index contributed by atoms with van der Waals surface area (Å²) in [5.74, 6) is 0.171. The second-order valence-electron chi connectivity index (χ2n) is 5.84. The molecule has 1 aliphatic heterocycles. The summed E-state index contributed by atoms with van der Waals surface area (Å²) < 4.78 is 5.58. The van der Waals surface area contributed by atoms with E-state index < -0.39 is 0 Å². The van der Waals surface area contributed by atoms with Crippen LogP contribution in [0.15, 0.2) is 4.42 Å². The second kappa shape index (κ2) is 5.16. The number of nitrogens with one attached hydrogen (secondary N) is 1. The zero-order valence-corrected chi connectivity index (χ0v) is 11.6. The van der Waals surface area contributed by atoms with Crippen LogP contribution in [-0.2, 0) is 11.3 Å². The van der Waals surface area contributed by atoms with Crippen molar-refractivity contribution in [1.82, 2.24) is 15.5 Å². The van der Waals surface area contributed by atoms with Crippen molar-refractivity contribution in [3.05, 3.63) is 5.89 Å². The summed E-state index contributed by atoms with van der Waals surface area (Å²) in [6.45, 7) is 7.42. The first-order valence-electron chi connectivity index (χ1n) is 6.50. The van der Waals surface area contributed by atoms with Crippen molar-refractivity contribution in [2.75, 3.05) is 11.4 Å². The zero-order chi connectivity index (χ0) is 14.0. The fraction of sp³-hybridized carbons (Fsp3) is 0.750. The van der Waals surface area contributed by atoms with E-state index in [0.717, 1.165) is 19.4 Å². The van der Waals surface area contributed by atoms with E-state index in [1.165, 1.54) is 0 Å². The van der Waals surface area contributed by atoms with E-state index >= 15 is 0 Å². The molecule has 2 rings (SSSR count). The number of amides is 1. The highest BCUT2D eigenvalue weighted by Crippen LogP contribution is 2.24. The molecule has 1 saturated heterocycles. The minimum Gasteiger partial charge on any atom is -0.407 e. The molecule has 19 heavy (non-hydrogen) atoms. The van der Waals surface area contributed by atoms with Crippen molar-refractivity contribution in [1.29, 1.82) is 0 Å². The van der Waals surface area contributed by atoms with Gasteiger partial charge < -0.3 is 20.4 Å². The van der Waals surface area contributed by atoms with E-state index in [9.17, 15) is 4.79 Å². The maximum absolute atomic E-state index is 11.3. The predicted octanol–water partition coefficient (Wildman–Crippen LogP) is 0.412. The lowest BCUT2D eigenvalue weighted by atomic mass is 10.1. The Hall–Kier alpha value is -1.63. The molecule has 1 aromatic heterocycles. The van der Waals surface area contributed by atoms with Gasteiger partial charge in [-0.1, -0.05) is 5.10 Å². The summed E-state index contributed by atoms with van der Waals surface area (Å²) in [5, 5.41) is 11.2. The normalized spacial score (nSPS) is 19.9. The Labute approximate surface area is 112 Å². The Morgan fingerprint density at radius 1 is 1.53 bits per heavy atom. The largest absolute Gasteiger partial charge is 0.407 e. The van der Waals surface area contributed by atoms with Gasteiger partial charge in [0.2, 0.25) is 11.8 Å². The van der Waals surface area contributed by atoms with Crippen LogP contribution in [0.25, 0.3) is 0 Å². The molecule has 0 bridgehead atoms. The summed E-state index contributed by atoms with van der Waals surface area (Å²) in [6.07, 6.45) is 1.65. The van der Waals surface area contributed by atoms with Crippen LogP contribution in [0.1, 0.15) is 39.5 Å². The van der Waals surface area contributed by atoms with Crippen molar-refractivity contribution in [2.45, 2.75) is 51.7 Å². The van der Waals surface area contributed by atoms with Crippen molar-refractivity contribution in [3.8, 4) is 0 Å². The first-order valence-corrected chi connectivity index (χ1v) is 6.50. The number of carbonyl (C=O) groups is 1. The monoisotopic (exact) mass is 267 g/mol. The van der Waals surface area contributed by atoms with Crippen LogP contribution in [0.2, 0.25) is 0 Å². The number of aromatic nitrogens is 2. The first kappa shape index (κ1) is 13.8. The van der Waals surface area contributed by atoms with Crippen LogP contribution in [0.5, 0.6) is 0 Å². The van der Waals surface area contributed by atoms with Crippen molar-refractivity contribution < 1.29 is 9.21 Å². The maximum Gasteiger partial charge on any atom is 0.318 e. The predicted molar refractivity (Wildman–Crippen MR) is 70.5 cm³/mol. The quantitative estimate of drug-likeness (QED) is 0.820. The highest BCUT2D eigenvalue weighted by molar-refractivity contribution is 5.83. The molecule has 3 N–H and O–H groups in total. The average Bonchev–Trinajstić information content (AvgIpc) is 2.94. The Morgan fingerprint density at radius 3 is 2.89 bits per heavy atom. The van der Waals surface area contributed by atoms with Gasteiger partial charge in [-0.2, -0.15) is 0 Å². The Morgan fingerprint density at radius 2 is 2.26 bits per heavy atom. The molecule has 0 radical (unpaired) electrons. The molecule has 7 nitrogen and oxygen atoms in total. The lowest BCUT2D eigenvalue weighted by Crippen LogP contribution is -2.40. The van der Waals surface area contributed by atoms with E-state index in [-0.39, 0.29) is 17.5 Å². The Bertz CT molecular complexity index is 451. The Balaban J connectivity index is 2.02. The third-order valence-electron chi connectivity index (χ3n) is 3.05. The van der Waals surface area contributed by atoms with E-state index in [4.69, 9.17) is 10.2 Å². The minimum absolute atomic E-state index is 0.0158. The van der Waals surface area contributed by atoms with Gasteiger partial charge in [0.1, 0.15) is 6.04 Å². The molecule has 1 fully saturated rings. The summed E-state index contributed by atoms with van der Waals surface area (Å²) in [7, 11) is 0. The highest BCUT2D eigenvalue weighted by Gasteiger charge is 2.32. The first-order chi connectivity index (χ1) is 8.87. The van der Waals surface area contributed by atoms with E-state index in [1.54, 1.807) is 4.90 Å². The molecule has 2 heterocycles. The van der Waals surface area contributed by atoms with Crippen LogP contribution in [0, 0.1) is 0 Å². The summed E-state index contributed by atoms with van der Waals surface area (Å²) in [4.78, 5) is 13.1. The van der Waals surface area contributed by atoms with Crippen LogP contribution in [0.4, 0.5) is 6.01 Å². The summed E-state index contributed by atoms with van der Waals surface area (Å²) in [6, 6.07) is 0.0517. The summed E-state index contributed by atoms with van der Waals surface area (Å²) in [5.41, 5.74) is 5.35. The van der Waals surface area contributed by atoms with Gasteiger partial charge in [0, 0.05) is 12.1 Å². The number of nitrogens with zero attached hydrogens (tertiary/aromatic N) is 3. The third-order valence-corrected chi connectivity index (χ3v) is 3.05. The molecule has 1 amide bonds. The Kier molecular flexibility index (Phi) is 3.75. The van der Waals surface area contributed by atoms with E-state index in [2.05, 4.69) is 36.3 Å². The second-order valence-corrected chi connectivity index (χ2v) is 5.84. The molecular weight excluding hydrogens is 246 g/mol. The fourth-order valence-electron chi connectivity index (χ4n) is 2.06. The molecule has 0 spiro atoms. The van der Waals surface area contributed by atoms with Crippen molar-refractivity contribution in [2.24, 2.45) is 5.73 Å². The van der Waals surface area contributed by atoms with Gasteiger partial charge in [-0.3, -0.25) is 4.79 Å². The number of nitrogens with two attached hydrogens (primary N) is 1. The van der Waals surface area contributed by atoms with Gasteiger partial charge in [-0.05, 0) is 33.6 Å². The number of primary amides is 1. The molecule has 1 unspecified atom stereocenters. The van der Waals surface area contributed by atoms with Gasteiger partial charge in [0.15, 0.2) is 0 Å². The van der Waals surface area contributed by atoms with Gasteiger partial charge in [-0.15, -0.1) is 5.10 Å². The molecular formula is C12H21N5O2. The lowest BCUT2D eigenvalue weighted by Gasteiger charge is -2.19. The van der Waals surface area contributed by atoms with Gasteiger partial charge in [-0.25, -0.2) is 0 Å². The lowest BCUT2D eigenvalue weighted by molar-refractivity contribution is -0.119. The van der Waals surface area contributed by atoms with Crippen LogP contribution < -0.4 is 16.0 Å². The molecule has 1 aliphatic rings. The highest BCUT2D eigenvalue weighted by atomic mass is 16.4. The number of rotatable bonds is 4. The number of hydrogen-bond acceptors (Lipinski definition) is 6. The third kappa shape index (κ3) is 3.44. The molecule has 106 valence electrons. The fourth-order valence-corrected chi connectivity index (χ4v) is 2.06. The van der Waals surface area contributed by atoms with Gasteiger partial charge in [0.25, 0.3) is 0 Å². The van der Waals surface area contributed by atoms with E-state index in [1.807, 2.05) is 0 Å². The average molecular weight is 267 g/mol. The van der Waals surface area contributed by atoms with Gasteiger partial charge >= 0.3 is 6.01 Å². The standard InChI is InChI=1S/C12H21N5O2/c1-12(2,3)14-7-9-15-16-11(19-9)17-6-4-5-8(17)10(13)18/h8,14H,4-7H2,1-3H3,(H2,13,18). The van der Waals surface area contributed by atoms with Crippen LogP contribution in [-0.4, -0.2) is 34.2 Å². The smallest absolute Gasteiger partial charge is 0.318 e. The van der Waals surface area contributed by atoms with Crippen LogP contribution in [0.3, 0.4) is 0 Å².